The molecule has 0 atom stereocenters. The van der Waals surface area contributed by atoms with Crippen LogP contribution >= 0.6 is 11.3 Å². The summed E-state index contributed by atoms with van der Waals surface area (Å²) in [5.41, 5.74) is 12.8. The van der Waals surface area contributed by atoms with Crippen molar-refractivity contribution in [3.05, 3.63) is 33.9 Å². The number of pyridine rings is 1. The van der Waals surface area contributed by atoms with Crippen molar-refractivity contribution in [2.75, 3.05) is 17.6 Å². The lowest BCUT2D eigenvalue weighted by atomic mass is 10.2. The Labute approximate surface area is 114 Å². The molecule has 2 aromatic rings. The van der Waals surface area contributed by atoms with Crippen LogP contribution in [0.15, 0.2) is 17.6 Å². The monoisotopic (exact) mass is 277 g/mol. The lowest BCUT2D eigenvalue weighted by Gasteiger charge is -2.09. The van der Waals surface area contributed by atoms with Crippen LogP contribution in [0.3, 0.4) is 0 Å². The zero-order chi connectivity index (χ0) is 13.8. The molecule has 19 heavy (non-hydrogen) atoms. The van der Waals surface area contributed by atoms with Gasteiger partial charge in [-0.3, -0.25) is 4.79 Å². The average Bonchev–Trinajstić information content (AvgIpc) is 2.77. The van der Waals surface area contributed by atoms with Gasteiger partial charge in [0, 0.05) is 24.0 Å². The molecular formula is C12H15N5OS. The third-order valence-corrected chi connectivity index (χ3v) is 3.54. The van der Waals surface area contributed by atoms with Gasteiger partial charge in [-0.25, -0.2) is 9.97 Å². The molecule has 2 rings (SSSR count). The number of aryl methyl sites for hydroxylation is 1. The summed E-state index contributed by atoms with van der Waals surface area (Å²) in [6, 6.07) is 1.47. The van der Waals surface area contributed by atoms with Crippen LogP contribution in [0.25, 0.3) is 0 Å². The van der Waals surface area contributed by atoms with Crippen LogP contribution in [0.5, 0.6) is 0 Å². The molecular weight excluding hydrogens is 262 g/mol. The Morgan fingerprint density at radius 3 is 2.95 bits per heavy atom. The molecule has 0 unspecified atom stereocenters. The lowest BCUT2D eigenvalue weighted by molar-refractivity contribution is 0.100. The van der Waals surface area contributed by atoms with Crippen molar-refractivity contribution in [1.82, 2.24) is 9.97 Å². The summed E-state index contributed by atoms with van der Waals surface area (Å²) in [7, 11) is 0. The van der Waals surface area contributed by atoms with E-state index < -0.39 is 5.91 Å². The second kappa shape index (κ2) is 5.66. The molecule has 100 valence electrons. The van der Waals surface area contributed by atoms with Crippen molar-refractivity contribution >= 4 is 28.7 Å². The molecule has 0 bridgehead atoms. The van der Waals surface area contributed by atoms with Crippen molar-refractivity contribution in [2.45, 2.75) is 13.3 Å². The fourth-order valence-corrected chi connectivity index (χ4v) is 2.41. The van der Waals surface area contributed by atoms with E-state index in [9.17, 15) is 4.79 Å². The highest BCUT2D eigenvalue weighted by molar-refractivity contribution is 7.09. The fraction of sp³-hybridized carbons (Fsp3) is 0.250. The van der Waals surface area contributed by atoms with Crippen LogP contribution in [0, 0.1) is 6.92 Å². The van der Waals surface area contributed by atoms with Gasteiger partial charge in [-0.1, -0.05) is 0 Å². The second-order valence-electron chi connectivity index (χ2n) is 4.08. The maximum atomic E-state index is 11.3. The van der Waals surface area contributed by atoms with Crippen molar-refractivity contribution in [3.63, 3.8) is 0 Å². The van der Waals surface area contributed by atoms with E-state index in [0.29, 0.717) is 17.8 Å². The second-order valence-corrected chi connectivity index (χ2v) is 5.02. The molecule has 0 spiro atoms. The van der Waals surface area contributed by atoms with Crippen LogP contribution in [-0.4, -0.2) is 22.4 Å². The topological polar surface area (TPSA) is 107 Å². The average molecular weight is 277 g/mol. The Balaban J connectivity index is 2.01. The van der Waals surface area contributed by atoms with Gasteiger partial charge >= 0.3 is 0 Å². The molecule has 0 fully saturated rings. The predicted molar refractivity (Wildman–Crippen MR) is 76.2 cm³/mol. The van der Waals surface area contributed by atoms with E-state index in [2.05, 4.69) is 15.3 Å². The zero-order valence-electron chi connectivity index (χ0n) is 10.5. The first-order chi connectivity index (χ1) is 9.06. The van der Waals surface area contributed by atoms with Gasteiger partial charge in [-0.2, -0.15) is 0 Å². The van der Waals surface area contributed by atoms with Gasteiger partial charge in [-0.05, 0) is 13.0 Å². The summed E-state index contributed by atoms with van der Waals surface area (Å²) in [5.74, 6) is -0.253. The normalized spacial score (nSPS) is 10.4. The maximum Gasteiger partial charge on any atom is 0.250 e. The summed E-state index contributed by atoms with van der Waals surface area (Å²) in [5, 5.41) is 6.19. The van der Waals surface area contributed by atoms with E-state index in [4.69, 9.17) is 11.5 Å². The van der Waals surface area contributed by atoms with Gasteiger partial charge in [-0.15, -0.1) is 11.3 Å². The quantitative estimate of drug-likeness (QED) is 0.760. The smallest absolute Gasteiger partial charge is 0.250 e. The van der Waals surface area contributed by atoms with Crippen LogP contribution in [0.4, 0.5) is 11.5 Å². The van der Waals surface area contributed by atoms with Gasteiger partial charge in [0.15, 0.2) is 0 Å². The van der Waals surface area contributed by atoms with E-state index in [1.807, 2.05) is 12.3 Å². The van der Waals surface area contributed by atoms with Crippen molar-refractivity contribution in [1.29, 1.82) is 0 Å². The van der Waals surface area contributed by atoms with Gasteiger partial charge in [0.25, 0.3) is 5.91 Å². The third-order valence-electron chi connectivity index (χ3n) is 2.51. The lowest BCUT2D eigenvalue weighted by Crippen LogP contribution is -2.16. The number of thiazole rings is 1. The van der Waals surface area contributed by atoms with Crippen LogP contribution in [0.2, 0.25) is 0 Å². The first-order valence-corrected chi connectivity index (χ1v) is 6.64. The number of rotatable bonds is 5. The van der Waals surface area contributed by atoms with E-state index in [-0.39, 0.29) is 5.82 Å². The summed E-state index contributed by atoms with van der Waals surface area (Å²) in [4.78, 5) is 19.6. The summed E-state index contributed by atoms with van der Waals surface area (Å²) in [6.07, 6.45) is 2.30. The number of anilines is 2. The Kier molecular flexibility index (Phi) is 3.96. The first kappa shape index (κ1) is 13.3. The number of primary amides is 1. The molecule has 0 aliphatic heterocycles. The Bertz CT molecular complexity index is 596. The van der Waals surface area contributed by atoms with Crippen molar-refractivity contribution in [2.24, 2.45) is 5.73 Å². The Morgan fingerprint density at radius 2 is 2.32 bits per heavy atom. The van der Waals surface area contributed by atoms with Gasteiger partial charge in [0.1, 0.15) is 5.82 Å². The molecule has 0 aliphatic rings. The highest BCUT2D eigenvalue weighted by Gasteiger charge is 2.09. The summed E-state index contributed by atoms with van der Waals surface area (Å²) in [6.45, 7) is 2.61. The first-order valence-electron chi connectivity index (χ1n) is 5.76. The van der Waals surface area contributed by atoms with E-state index in [1.54, 1.807) is 11.3 Å². The largest absolute Gasteiger partial charge is 0.384 e. The molecule has 2 aromatic heterocycles. The molecule has 6 nitrogen and oxygen atoms in total. The minimum absolute atomic E-state index is 0.273. The molecule has 7 heteroatoms. The number of carbonyl (C=O) groups is 1. The molecule has 2 heterocycles. The minimum Gasteiger partial charge on any atom is -0.384 e. The standard InChI is InChI=1S/C12H15N5OS/c1-7-6-19-11(17-7)2-3-15-9-5-16-10(13)4-8(9)12(14)18/h4-6,15H,2-3H2,1H3,(H2,13,16)(H2,14,18). The molecule has 5 N–H and O–H groups in total. The number of carbonyl (C=O) groups excluding carboxylic acids is 1. The number of nitrogens with two attached hydrogens (primary N) is 2. The van der Waals surface area contributed by atoms with Crippen molar-refractivity contribution < 1.29 is 4.79 Å². The minimum atomic E-state index is -0.526. The number of amides is 1. The number of nitrogens with zero attached hydrogens (tertiary/aromatic N) is 2. The summed E-state index contributed by atoms with van der Waals surface area (Å²) >= 11 is 1.62. The van der Waals surface area contributed by atoms with E-state index in [0.717, 1.165) is 17.1 Å². The summed E-state index contributed by atoms with van der Waals surface area (Å²) < 4.78 is 0. The van der Waals surface area contributed by atoms with E-state index >= 15 is 0 Å². The molecule has 0 aliphatic carbocycles. The molecule has 0 radical (unpaired) electrons. The third kappa shape index (κ3) is 3.41. The molecule has 0 aromatic carbocycles. The molecule has 0 saturated heterocycles. The number of aromatic nitrogens is 2. The molecule has 0 saturated carbocycles. The van der Waals surface area contributed by atoms with Crippen LogP contribution in [-0.2, 0) is 6.42 Å². The van der Waals surface area contributed by atoms with Crippen LogP contribution < -0.4 is 16.8 Å². The highest BCUT2D eigenvalue weighted by Crippen LogP contribution is 2.16. The highest BCUT2D eigenvalue weighted by atomic mass is 32.1. The maximum absolute atomic E-state index is 11.3. The zero-order valence-corrected chi connectivity index (χ0v) is 11.3. The van der Waals surface area contributed by atoms with Gasteiger partial charge in [0.05, 0.1) is 22.5 Å². The number of nitrogen functional groups attached to an aromatic ring is 1. The van der Waals surface area contributed by atoms with Crippen LogP contribution in [0.1, 0.15) is 21.1 Å². The van der Waals surface area contributed by atoms with Crippen molar-refractivity contribution in [3.8, 4) is 0 Å². The Morgan fingerprint density at radius 1 is 1.53 bits per heavy atom. The molecule has 1 amide bonds. The fourth-order valence-electron chi connectivity index (χ4n) is 1.64. The van der Waals surface area contributed by atoms with Gasteiger partial charge < -0.3 is 16.8 Å². The van der Waals surface area contributed by atoms with Gasteiger partial charge in [0.2, 0.25) is 0 Å². The Hall–Kier alpha value is -2.15. The number of hydrogen-bond acceptors (Lipinski definition) is 6. The number of hydrogen-bond donors (Lipinski definition) is 3. The SMILES string of the molecule is Cc1csc(CCNc2cnc(N)cc2C(N)=O)n1. The number of nitrogens with one attached hydrogen (secondary N) is 1. The predicted octanol–water partition coefficient (Wildman–Crippen LogP) is 1.18. The van der Waals surface area contributed by atoms with E-state index in [1.165, 1.54) is 12.3 Å².